The summed E-state index contributed by atoms with van der Waals surface area (Å²) in [6.45, 7) is 0. The number of amides is 1. The number of nitrogens with one attached hydrogen (secondary N) is 2. The van der Waals surface area contributed by atoms with Crippen LogP contribution in [0.5, 0.6) is 0 Å². The summed E-state index contributed by atoms with van der Waals surface area (Å²) >= 11 is 0. The van der Waals surface area contributed by atoms with E-state index in [1.807, 2.05) is 6.07 Å². The minimum Gasteiger partial charge on any atom is -0.378 e. The Morgan fingerprint density at radius 1 is 0.935 bits per heavy atom. The van der Waals surface area contributed by atoms with Gasteiger partial charge in [-0.2, -0.15) is 0 Å². The Balaban J connectivity index is 1.34. The van der Waals surface area contributed by atoms with Crippen molar-refractivity contribution in [3.05, 3.63) is 95.3 Å². The van der Waals surface area contributed by atoms with Crippen LogP contribution in [0.4, 0.5) is 15.8 Å². The maximum absolute atomic E-state index is 13.2. The molecular formula is C27H25FN2O. The van der Waals surface area contributed by atoms with Gasteiger partial charge in [-0.3, -0.25) is 4.79 Å². The number of hydrogen-bond acceptors (Lipinski definition) is 2. The number of carbonyl (C=O) groups is 1. The highest BCUT2D eigenvalue weighted by Crippen LogP contribution is 2.63. The molecular weight excluding hydrogens is 387 g/mol. The molecule has 0 saturated heterocycles. The molecule has 2 bridgehead atoms. The smallest absolute Gasteiger partial charge is 0.255 e. The fourth-order valence-corrected chi connectivity index (χ4v) is 6.35. The van der Waals surface area contributed by atoms with Crippen LogP contribution in [0.25, 0.3) is 0 Å². The Bertz CT molecular complexity index is 1130. The Labute approximate surface area is 181 Å². The van der Waals surface area contributed by atoms with Crippen LogP contribution < -0.4 is 10.6 Å². The van der Waals surface area contributed by atoms with Crippen molar-refractivity contribution in [2.24, 2.45) is 17.8 Å². The second-order valence-electron chi connectivity index (χ2n) is 9.23. The monoisotopic (exact) mass is 412 g/mol. The molecule has 2 N–H and O–H groups in total. The quantitative estimate of drug-likeness (QED) is 0.524. The first-order chi connectivity index (χ1) is 15.2. The second kappa shape index (κ2) is 7.23. The molecule has 1 aliphatic heterocycles. The average molecular weight is 413 g/mol. The zero-order chi connectivity index (χ0) is 20.9. The molecule has 4 heteroatoms. The largest absolute Gasteiger partial charge is 0.378 e. The van der Waals surface area contributed by atoms with Crippen LogP contribution in [0, 0.1) is 23.6 Å². The Hall–Kier alpha value is -3.14. The van der Waals surface area contributed by atoms with E-state index in [9.17, 15) is 9.18 Å². The maximum Gasteiger partial charge on any atom is 0.255 e. The van der Waals surface area contributed by atoms with Gasteiger partial charge in [0.1, 0.15) is 5.82 Å². The first-order valence-electron chi connectivity index (χ1n) is 11.2. The molecule has 3 nitrogen and oxygen atoms in total. The Morgan fingerprint density at radius 3 is 2.52 bits per heavy atom. The molecule has 3 aliphatic rings. The molecule has 1 amide bonds. The van der Waals surface area contributed by atoms with Crippen LogP contribution in [0.1, 0.15) is 52.7 Å². The average Bonchev–Trinajstić information content (AvgIpc) is 3.43. The normalized spacial score (nSPS) is 27.8. The van der Waals surface area contributed by atoms with E-state index < -0.39 is 0 Å². The lowest BCUT2D eigenvalue weighted by Gasteiger charge is -2.43. The van der Waals surface area contributed by atoms with Crippen molar-refractivity contribution >= 4 is 17.3 Å². The molecule has 2 saturated carbocycles. The topological polar surface area (TPSA) is 41.1 Å². The Morgan fingerprint density at radius 2 is 1.71 bits per heavy atom. The summed E-state index contributed by atoms with van der Waals surface area (Å²) in [5.74, 6) is 2.06. The summed E-state index contributed by atoms with van der Waals surface area (Å²) in [5, 5.41) is 6.71. The van der Waals surface area contributed by atoms with Gasteiger partial charge in [0.25, 0.3) is 5.91 Å². The molecule has 31 heavy (non-hydrogen) atoms. The maximum atomic E-state index is 13.2. The summed E-state index contributed by atoms with van der Waals surface area (Å²) in [4.78, 5) is 12.9. The number of rotatable bonds is 3. The van der Waals surface area contributed by atoms with E-state index in [4.69, 9.17) is 0 Å². The number of fused-ring (bicyclic) bond motifs is 7. The van der Waals surface area contributed by atoms with Crippen LogP contribution in [-0.4, -0.2) is 5.91 Å². The van der Waals surface area contributed by atoms with E-state index in [1.165, 1.54) is 42.5 Å². The number of anilines is 2. The summed E-state index contributed by atoms with van der Waals surface area (Å²) < 4.78 is 13.2. The van der Waals surface area contributed by atoms with Crippen molar-refractivity contribution in [1.29, 1.82) is 0 Å². The van der Waals surface area contributed by atoms with Crippen LogP contribution in [0.3, 0.4) is 0 Å². The number of benzene rings is 3. The minimum atomic E-state index is -0.312. The molecule has 0 unspecified atom stereocenters. The van der Waals surface area contributed by atoms with E-state index in [1.54, 1.807) is 12.1 Å². The fraction of sp³-hybridized carbons (Fsp3) is 0.296. The molecule has 3 aromatic rings. The van der Waals surface area contributed by atoms with Gasteiger partial charge in [0.15, 0.2) is 0 Å². The van der Waals surface area contributed by atoms with Crippen LogP contribution in [0.2, 0.25) is 0 Å². The molecule has 6 rings (SSSR count). The van der Waals surface area contributed by atoms with Gasteiger partial charge in [-0.25, -0.2) is 4.39 Å². The summed E-state index contributed by atoms with van der Waals surface area (Å²) in [5.41, 5.74) is 5.06. The molecule has 0 radical (unpaired) electrons. The first-order valence-corrected chi connectivity index (χ1v) is 11.2. The van der Waals surface area contributed by atoms with Crippen LogP contribution >= 0.6 is 0 Å². The van der Waals surface area contributed by atoms with Crippen molar-refractivity contribution in [2.75, 3.05) is 10.6 Å². The molecule has 5 atom stereocenters. The van der Waals surface area contributed by atoms with Gasteiger partial charge in [-0.1, -0.05) is 30.3 Å². The third kappa shape index (κ3) is 3.13. The minimum absolute atomic E-state index is 0.153. The summed E-state index contributed by atoms with van der Waals surface area (Å²) in [6.07, 6.45) is 3.90. The highest BCUT2D eigenvalue weighted by molar-refractivity contribution is 6.04. The van der Waals surface area contributed by atoms with Gasteiger partial charge in [-0.05, 0) is 96.5 Å². The highest BCUT2D eigenvalue weighted by Gasteiger charge is 2.53. The number of carbonyl (C=O) groups excluding carboxylic acids is 1. The summed E-state index contributed by atoms with van der Waals surface area (Å²) in [7, 11) is 0. The zero-order valence-electron chi connectivity index (χ0n) is 17.2. The molecule has 1 heterocycles. The van der Waals surface area contributed by atoms with Gasteiger partial charge in [0.05, 0.1) is 6.04 Å². The molecule has 2 aliphatic carbocycles. The lowest BCUT2D eigenvalue weighted by Crippen LogP contribution is -2.35. The van der Waals surface area contributed by atoms with E-state index in [0.717, 1.165) is 11.6 Å². The summed E-state index contributed by atoms with van der Waals surface area (Å²) in [6, 6.07) is 23.0. The van der Waals surface area contributed by atoms with Crippen LogP contribution in [-0.2, 0) is 0 Å². The van der Waals surface area contributed by atoms with Gasteiger partial charge in [0, 0.05) is 16.9 Å². The van der Waals surface area contributed by atoms with E-state index in [2.05, 4.69) is 53.1 Å². The van der Waals surface area contributed by atoms with E-state index in [0.29, 0.717) is 35.0 Å². The molecule has 156 valence electrons. The standard InChI is InChI=1S/C27H25FN2O/c28-20-9-11-21(12-10-20)29-27(31)19-8-13-23-22(15-19)24-17-6-7-18(14-17)25(24)26(30-23)16-4-2-1-3-5-16/h1-5,8-13,15,17-18,24-26,30H,6-7,14H2,(H,29,31)/t17-,18-,24-,25-,26-/m0/s1. The van der Waals surface area contributed by atoms with E-state index in [-0.39, 0.29) is 11.7 Å². The molecule has 2 fully saturated rings. The number of halogens is 1. The first kappa shape index (κ1) is 18.6. The molecule has 0 spiro atoms. The fourth-order valence-electron chi connectivity index (χ4n) is 6.35. The van der Waals surface area contributed by atoms with Crippen molar-refractivity contribution in [2.45, 2.75) is 31.2 Å². The van der Waals surface area contributed by atoms with Crippen molar-refractivity contribution in [1.82, 2.24) is 0 Å². The zero-order valence-corrected chi connectivity index (χ0v) is 17.2. The van der Waals surface area contributed by atoms with Crippen molar-refractivity contribution in [3.8, 4) is 0 Å². The lowest BCUT2D eigenvalue weighted by molar-refractivity contribution is 0.102. The highest BCUT2D eigenvalue weighted by atomic mass is 19.1. The predicted octanol–water partition coefficient (Wildman–Crippen LogP) is 6.37. The third-order valence-electron chi connectivity index (χ3n) is 7.61. The number of hydrogen-bond donors (Lipinski definition) is 2. The SMILES string of the molecule is O=C(Nc1ccc(F)cc1)c1ccc2c(c1)[C@@H]1[C@H]3CC[C@@H](C3)[C@@H]1[C@H](c1ccccc1)N2. The van der Waals surface area contributed by atoms with Crippen molar-refractivity contribution < 1.29 is 9.18 Å². The van der Waals surface area contributed by atoms with Gasteiger partial charge in [-0.15, -0.1) is 0 Å². The van der Waals surface area contributed by atoms with Gasteiger partial charge >= 0.3 is 0 Å². The Kier molecular flexibility index (Phi) is 4.34. The third-order valence-corrected chi connectivity index (χ3v) is 7.61. The molecule has 3 aromatic carbocycles. The van der Waals surface area contributed by atoms with Gasteiger partial charge in [0.2, 0.25) is 0 Å². The molecule has 0 aromatic heterocycles. The van der Waals surface area contributed by atoms with Gasteiger partial charge < -0.3 is 10.6 Å². The second-order valence-corrected chi connectivity index (χ2v) is 9.23. The van der Waals surface area contributed by atoms with E-state index >= 15 is 0 Å². The predicted molar refractivity (Wildman–Crippen MR) is 121 cm³/mol. The van der Waals surface area contributed by atoms with Crippen LogP contribution in [0.15, 0.2) is 72.8 Å². The van der Waals surface area contributed by atoms with Crippen molar-refractivity contribution in [3.63, 3.8) is 0 Å². The lowest BCUT2D eigenvalue weighted by atomic mass is 9.68.